The van der Waals surface area contributed by atoms with Gasteiger partial charge in [0.1, 0.15) is 0 Å². The largest absolute Gasteiger partial charge is 0.399 e. The number of nitrogens with two attached hydrogens (primary N) is 1. The van der Waals surface area contributed by atoms with Gasteiger partial charge >= 0.3 is 0 Å². The molecule has 0 aromatic heterocycles. The Morgan fingerprint density at radius 1 is 1.11 bits per heavy atom. The third-order valence-electron chi connectivity index (χ3n) is 4.62. The number of hydrogen-bond acceptors (Lipinski definition) is 3. The van der Waals surface area contributed by atoms with Crippen LogP contribution in [0.2, 0.25) is 0 Å². The monoisotopic (exact) mass is 260 g/mol. The van der Waals surface area contributed by atoms with Gasteiger partial charge in [-0.05, 0) is 68.2 Å². The van der Waals surface area contributed by atoms with Gasteiger partial charge in [-0.15, -0.1) is 0 Å². The van der Waals surface area contributed by atoms with Gasteiger partial charge in [0.05, 0.1) is 6.10 Å². The summed E-state index contributed by atoms with van der Waals surface area (Å²) in [6.45, 7) is 0. The highest BCUT2D eigenvalue weighted by Crippen LogP contribution is 2.32. The van der Waals surface area contributed by atoms with Gasteiger partial charge in [0.25, 0.3) is 0 Å². The molecule has 19 heavy (non-hydrogen) atoms. The molecule has 0 aliphatic heterocycles. The number of aliphatic hydroxyl groups is 1. The second kappa shape index (κ2) is 5.51. The Labute approximate surface area is 115 Å². The lowest BCUT2D eigenvalue weighted by atomic mass is 9.85. The standard InChI is InChI=1S/C16H24N2O/c17-12-5-4-11-2-1-3-16(15(11)10-12)18-13-6-8-14(19)9-7-13/h4-5,10,13-14,16,18-19H,1-3,6-9,17H2. The lowest BCUT2D eigenvalue weighted by molar-refractivity contribution is 0.113. The quantitative estimate of drug-likeness (QED) is 0.716. The molecule has 0 saturated heterocycles. The number of nitrogen functional groups attached to an aromatic ring is 1. The summed E-state index contributed by atoms with van der Waals surface area (Å²) in [5.74, 6) is 0. The molecule has 0 radical (unpaired) electrons. The molecule has 0 spiro atoms. The molecule has 1 fully saturated rings. The van der Waals surface area contributed by atoms with Gasteiger partial charge in [0.15, 0.2) is 0 Å². The van der Waals surface area contributed by atoms with E-state index in [1.165, 1.54) is 30.4 Å². The van der Waals surface area contributed by atoms with E-state index in [4.69, 9.17) is 5.73 Å². The summed E-state index contributed by atoms with van der Waals surface area (Å²) in [6, 6.07) is 7.35. The van der Waals surface area contributed by atoms with E-state index < -0.39 is 0 Å². The molecule has 3 nitrogen and oxygen atoms in total. The Morgan fingerprint density at radius 2 is 1.89 bits per heavy atom. The summed E-state index contributed by atoms with van der Waals surface area (Å²) in [6.07, 6.45) is 7.62. The summed E-state index contributed by atoms with van der Waals surface area (Å²) < 4.78 is 0. The first-order chi connectivity index (χ1) is 9.22. The van der Waals surface area contributed by atoms with Gasteiger partial charge in [-0.3, -0.25) is 0 Å². The van der Waals surface area contributed by atoms with Crippen LogP contribution in [0, 0.1) is 0 Å². The van der Waals surface area contributed by atoms with Crippen LogP contribution < -0.4 is 11.1 Å². The molecule has 4 N–H and O–H groups in total. The summed E-state index contributed by atoms with van der Waals surface area (Å²) >= 11 is 0. The highest BCUT2D eigenvalue weighted by Gasteiger charge is 2.25. The summed E-state index contributed by atoms with van der Waals surface area (Å²) in [7, 11) is 0. The van der Waals surface area contributed by atoms with Crippen LogP contribution in [0.5, 0.6) is 0 Å². The fourth-order valence-corrected chi connectivity index (χ4v) is 3.52. The average Bonchev–Trinajstić information content (AvgIpc) is 2.42. The van der Waals surface area contributed by atoms with Crippen molar-refractivity contribution in [2.24, 2.45) is 0 Å². The van der Waals surface area contributed by atoms with E-state index in [0.717, 1.165) is 31.4 Å². The van der Waals surface area contributed by atoms with Crippen LogP contribution in [0.3, 0.4) is 0 Å². The first kappa shape index (κ1) is 12.9. The maximum Gasteiger partial charge on any atom is 0.0541 e. The molecule has 1 aromatic carbocycles. The minimum atomic E-state index is -0.0765. The number of fused-ring (bicyclic) bond motifs is 1. The van der Waals surface area contributed by atoms with Crippen molar-refractivity contribution in [3.63, 3.8) is 0 Å². The van der Waals surface area contributed by atoms with Crippen LogP contribution in [0.1, 0.15) is 55.7 Å². The zero-order chi connectivity index (χ0) is 13.2. The molecule has 1 saturated carbocycles. The van der Waals surface area contributed by atoms with Crippen molar-refractivity contribution in [1.82, 2.24) is 5.32 Å². The first-order valence-electron chi connectivity index (χ1n) is 7.55. The Balaban J connectivity index is 1.71. The molecular formula is C16H24N2O. The maximum absolute atomic E-state index is 9.58. The van der Waals surface area contributed by atoms with Crippen LogP contribution in [0.15, 0.2) is 18.2 Å². The Hall–Kier alpha value is -1.06. The molecular weight excluding hydrogens is 236 g/mol. The van der Waals surface area contributed by atoms with Crippen molar-refractivity contribution < 1.29 is 5.11 Å². The lowest BCUT2D eigenvalue weighted by Crippen LogP contribution is -2.38. The van der Waals surface area contributed by atoms with Crippen molar-refractivity contribution in [2.75, 3.05) is 5.73 Å². The van der Waals surface area contributed by atoms with Gasteiger partial charge in [-0.1, -0.05) is 6.07 Å². The highest BCUT2D eigenvalue weighted by atomic mass is 16.3. The molecule has 1 aromatic rings. The average molecular weight is 260 g/mol. The van der Waals surface area contributed by atoms with Crippen molar-refractivity contribution in [2.45, 2.75) is 63.1 Å². The van der Waals surface area contributed by atoms with Crippen LogP contribution in [0.25, 0.3) is 0 Å². The summed E-state index contributed by atoms with van der Waals surface area (Å²) in [5.41, 5.74) is 9.65. The van der Waals surface area contributed by atoms with Crippen molar-refractivity contribution in [1.29, 1.82) is 0 Å². The van der Waals surface area contributed by atoms with E-state index in [1.54, 1.807) is 0 Å². The molecule has 3 rings (SSSR count). The molecule has 0 amide bonds. The van der Waals surface area contributed by atoms with Gasteiger partial charge in [0, 0.05) is 17.8 Å². The van der Waals surface area contributed by atoms with Crippen LogP contribution >= 0.6 is 0 Å². The number of anilines is 1. The Bertz CT molecular complexity index is 438. The van der Waals surface area contributed by atoms with Gasteiger partial charge in [0.2, 0.25) is 0 Å². The van der Waals surface area contributed by atoms with Crippen LogP contribution in [-0.4, -0.2) is 17.3 Å². The third kappa shape index (κ3) is 2.93. The fraction of sp³-hybridized carbons (Fsp3) is 0.625. The fourth-order valence-electron chi connectivity index (χ4n) is 3.52. The second-order valence-corrected chi connectivity index (χ2v) is 6.08. The molecule has 2 aliphatic rings. The second-order valence-electron chi connectivity index (χ2n) is 6.08. The predicted molar refractivity (Wildman–Crippen MR) is 77.9 cm³/mol. The zero-order valence-electron chi connectivity index (χ0n) is 11.4. The molecule has 2 aliphatic carbocycles. The lowest BCUT2D eigenvalue weighted by Gasteiger charge is -2.33. The van der Waals surface area contributed by atoms with Gasteiger partial charge in [-0.25, -0.2) is 0 Å². The molecule has 3 heteroatoms. The first-order valence-corrected chi connectivity index (χ1v) is 7.55. The number of rotatable bonds is 2. The minimum Gasteiger partial charge on any atom is -0.399 e. The van der Waals surface area contributed by atoms with E-state index in [2.05, 4.69) is 17.4 Å². The Morgan fingerprint density at radius 3 is 2.68 bits per heavy atom. The predicted octanol–water partition coefficient (Wildman–Crippen LogP) is 2.54. The molecule has 1 atom stereocenters. The smallest absolute Gasteiger partial charge is 0.0541 e. The summed E-state index contributed by atoms with van der Waals surface area (Å²) in [4.78, 5) is 0. The molecule has 104 valence electrons. The number of nitrogens with one attached hydrogen (secondary N) is 1. The Kier molecular flexibility index (Phi) is 3.76. The van der Waals surface area contributed by atoms with Gasteiger partial charge in [-0.2, -0.15) is 0 Å². The van der Waals surface area contributed by atoms with E-state index in [0.29, 0.717) is 12.1 Å². The number of aryl methyl sites for hydroxylation is 1. The van der Waals surface area contributed by atoms with E-state index in [1.807, 2.05) is 6.07 Å². The normalized spacial score (nSPS) is 30.9. The van der Waals surface area contributed by atoms with Crippen LogP contribution in [-0.2, 0) is 6.42 Å². The van der Waals surface area contributed by atoms with Crippen LogP contribution in [0.4, 0.5) is 5.69 Å². The highest BCUT2D eigenvalue weighted by molar-refractivity contribution is 5.47. The third-order valence-corrected chi connectivity index (χ3v) is 4.62. The van der Waals surface area contributed by atoms with E-state index >= 15 is 0 Å². The zero-order valence-corrected chi connectivity index (χ0v) is 11.4. The van der Waals surface area contributed by atoms with Crippen molar-refractivity contribution >= 4 is 5.69 Å². The number of hydrogen-bond donors (Lipinski definition) is 3. The SMILES string of the molecule is Nc1ccc2c(c1)C(NC1CCC(O)CC1)CCC2. The minimum absolute atomic E-state index is 0.0765. The summed E-state index contributed by atoms with van der Waals surface area (Å²) in [5, 5.41) is 13.4. The van der Waals surface area contributed by atoms with E-state index in [9.17, 15) is 5.11 Å². The van der Waals surface area contributed by atoms with E-state index in [-0.39, 0.29) is 6.10 Å². The van der Waals surface area contributed by atoms with Gasteiger partial charge < -0.3 is 16.2 Å². The van der Waals surface area contributed by atoms with Crippen molar-refractivity contribution in [3.05, 3.63) is 29.3 Å². The molecule has 1 unspecified atom stereocenters. The van der Waals surface area contributed by atoms with Crippen molar-refractivity contribution in [3.8, 4) is 0 Å². The number of aliphatic hydroxyl groups excluding tert-OH is 1. The molecule has 0 bridgehead atoms. The maximum atomic E-state index is 9.58. The number of benzene rings is 1. The molecule has 0 heterocycles. The topological polar surface area (TPSA) is 58.3 Å².